The van der Waals surface area contributed by atoms with Crippen LogP contribution >= 0.6 is 0 Å². The Morgan fingerprint density at radius 2 is 1.10 bits per heavy atom. The summed E-state index contributed by atoms with van der Waals surface area (Å²) in [5, 5.41) is 33.3. The van der Waals surface area contributed by atoms with E-state index in [1.807, 2.05) is 0 Å². The lowest BCUT2D eigenvalue weighted by Gasteiger charge is -1.95. The normalized spacial score (nSPS) is 7.00. The van der Waals surface area contributed by atoms with E-state index in [9.17, 15) is 0 Å². The molecule has 0 unspecified atom stereocenters. The van der Waals surface area contributed by atoms with Gasteiger partial charge in [-0.1, -0.05) is 0 Å². The van der Waals surface area contributed by atoms with E-state index in [-0.39, 0.29) is 6.61 Å². The molecule has 130 valence electrons. The Hall–Kier alpha value is -1.79. The summed E-state index contributed by atoms with van der Waals surface area (Å²) in [5.41, 5.74) is 5.13. The van der Waals surface area contributed by atoms with Crippen LogP contribution in [0, 0.1) is 0 Å². The van der Waals surface area contributed by atoms with Gasteiger partial charge in [0.05, 0.1) is 6.61 Å². The second-order valence-corrected chi connectivity index (χ2v) is 2.82. The first-order valence-electron chi connectivity index (χ1n) is 5.55. The van der Waals surface area contributed by atoms with Gasteiger partial charge in [-0.05, 0) is 0 Å². The molecule has 0 saturated carbocycles. The van der Waals surface area contributed by atoms with Crippen LogP contribution in [0.4, 0.5) is 0 Å². The molecule has 11 heteroatoms. The van der Waals surface area contributed by atoms with Gasteiger partial charge in [-0.3, -0.25) is 26.1 Å². The quantitative estimate of drug-likeness (QED) is 0.155. The number of hydrogen-bond acceptors (Lipinski definition) is 8. The van der Waals surface area contributed by atoms with Gasteiger partial charge in [-0.25, -0.2) is 0 Å². The molecule has 0 aliphatic carbocycles. The van der Waals surface area contributed by atoms with E-state index in [0.717, 1.165) is 27.3 Å². The number of hydrazine groups is 1. The molecule has 0 aliphatic heterocycles. The molecule has 0 saturated heterocycles. The summed E-state index contributed by atoms with van der Waals surface area (Å²) in [7, 11) is 0. The van der Waals surface area contributed by atoms with Crippen LogP contribution in [0.5, 0.6) is 0 Å². The highest BCUT2D eigenvalue weighted by Gasteiger charge is 1.77. The third kappa shape index (κ3) is 980. The Kier molecular flexibility index (Phi) is 54.3. The minimum Gasteiger partial charge on any atom is -0.481 e. The number of carboxylic acids is 3. The van der Waals surface area contributed by atoms with Crippen LogP contribution in [0.2, 0.25) is 0 Å². The second kappa shape index (κ2) is 36.2. The van der Waals surface area contributed by atoms with E-state index < -0.39 is 17.9 Å². The van der Waals surface area contributed by atoms with Gasteiger partial charge >= 0.3 is 0 Å². The van der Waals surface area contributed by atoms with E-state index in [0.29, 0.717) is 13.1 Å². The lowest BCUT2D eigenvalue weighted by atomic mass is 10.6. The zero-order valence-corrected chi connectivity index (χ0v) is 12.6. The summed E-state index contributed by atoms with van der Waals surface area (Å²) >= 11 is 0. The highest BCUT2D eigenvalue weighted by Crippen LogP contribution is 1.52. The van der Waals surface area contributed by atoms with Crippen LogP contribution in [-0.2, 0) is 14.4 Å². The van der Waals surface area contributed by atoms with Crippen molar-refractivity contribution in [3.05, 3.63) is 0 Å². The van der Waals surface area contributed by atoms with E-state index in [1.54, 1.807) is 0 Å². The lowest BCUT2D eigenvalue weighted by molar-refractivity contribution is -0.135. The molecule has 21 heavy (non-hydrogen) atoms. The molecule has 0 aromatic rings. The molecule has 11 nitrogen and oxygen atoms in total. The highest BCUT2D eigenvalue weighted by atomic mass is 16.4. The maximum Gasteiger partial charge on any atom is 0.300 e. The molecule has 0 aliphatic rings. The average molecular weight is 316 g/mol. The summed E-state index contributed by atoms with van der Waals surface area (Å²) in [6.45, 7) is 5.53. The molecular formula is C10H28N4O7. The number of nitrogens with two attached hydrogens (primary N) is 3. The molecule has 0 radical (unpaired) electrons. The molecule has 0 spiro atoms. The molecular weight excluding hydrogens is 288 g/mol. The molecule has 0 heterocycles. The van der Waals surface area contributed by atoms with Crippen molar-refractivity contribution in [2.24, 2.45) is 17.4 Å². The standard InChI is InChI=1S/C4H12N2O.3C2H4O2.H4N2/c5-1-2-6-3-4-7;3*1-2(3)4;1-2/h6-7H,1-5H2;3*1H3,(H,3,4);1-2H2. The van der Waals surface area contributed by atoms with Gasteiger partial charge in [-0.2, -0.15) is 0 Å². The summed E-state index contributed by atoms with van der Waals surface area (Å²) in [6, 6.07) is 0. The molecule has 0 aromatic heterocycles. The zero-order chi connectivity index (χ0) is 18.3. The maximum absolute atomic E-state index is 9.00. The van der Waals surface area contributed by atoms with Crippen LogP contribution in [0.15, 0.2) is 0 Å². The van der Waals surface area contributed by atoms with Gasteiger partial charge in [0.15, 0.2) is 0 Å². The molecule has 0 rings (SSSR count). The van der Waals surface area contributed by atoms with Crippen LogP contribution in [0.25, 0.3) is 0 Å². The Labute approximate surface area is 123 Å². The zero-order valence-electron chi connectivity index (χ0n) is 12.6. The van der Waals surface area contributed by atoms with Crippen LogP contribution in [0.3, 0.4) is 0 Å². The SMILES string of the molecule is CC(=O)O.CC(=O)O.CC(=O)O.NCCNCCO.NN. The smallest absolute Gasteiger partial charge is 0.300 e. The number of aliphatic carboxylic acids is 3. The van der Waals surface area contributed by atoms with Crippen molar-refractivity contribution >= 4 is 17.9 Å². The fourth-order valence-corrected chi connectivity index (χ4v) is 0.306. The molecule has 11 N–H and O–H groups in total. The average Bonchev–Trinajstić information content (AvgIpc) is 2.30. The van der Waals surface area contributed by atoms with Crippen molar-refractivity contribution in [2.45, 2.75) is 20.8 Å². The topological polar surface area (TPSA) is 222 Å². The van der Waals surface area contributed by atoms with Crippen LogP contribution in [0.1, 0.15) is 20.8 Å². The predicted molar refractivity (Wildman–Crippen MR) is 77.3 cm³/mol. The summed E-state index contributed by atoms with van der Waals surface area (Å²) in [5.74, 6) is 5.50. The minimum absolute atomic E-state index is 0.194. The number of aliphatic hydroxyl groups is 1. The van der Waals surface area contributed by atoms with Crippen molar-refractivity contribution in [3.63, 3.8) is 0 Å². The first-order valence-corrected chi connectivity index (χ1v) is 5.55. The third-order valence-corrected chi connectivity index (χ3v) is 0.610. The van der Waals surface area contributed by atoms with Gasteiger partial charge in [0.2, 0.25) is 0 Å². The first kappa shape index (κ1) is 31.5. The first-order chi connectivity index (χ1) is 9.61. The number of carbonyl (C=O) groups is 3. The molecule has 0 fully saturated rings. The van der Waals surface area contributed by atoms with E-state index in [4.69, 9.17) is 40.5 Å². The summed E-state index contributed by atoms with van der Waals surface area (Å²) < 4.78 is 0. The third-order valence-electron chi connectivity index (χ3n) is 0.610. The lowest BCUT2D eigenvalue weighted by Crippen LogP contribution is -2.24. The maximum atomic E-state index is 9.00. The second-order valence-electron chi connectivity index (χ2n) is 2.82. The monoisotopic (exact) mass is 316 g/mol. The predicted octanol–water partition coefficient (Wildman–Crippen LogP) is -2.38. The van der Waals surface area contributed by atoms with Crippen molar-refractivity contribution < 1.29 is 34.8 Å². The Bertz CT molecular complexity index is 183. The van der Waals surface area contributed by atoms with Crippen molar-refractivity contribution in [1.29, 1.82) is 0 Å². The van der Waals surface area contributed by atoms with Crippen molar-refractivity contribution in [1.82, 2.24) is 5.32 Å². The largest absolute Gasteiger partial charge is 0.481 e. The Balaban J connectivity index is -0.0000000539. The van der Waals surface area contributed by atoms with Gasteiger partial charge in [0.25, 0.3) is 17.9 Å². The van der Waals surface area contributed by atoms with Gasteiger partial charge < -0.3 is 31.5 Å². The molecule has 0 amide bonds. The number of carboxylic acid groups (broad SMARTS) is 3. The van der Waals surface area contributed by atoms with Crippen molar-refractivity contribution in [2.75, 3.05) is 26.2 Å². The van der Waals surface area contributed by atoms with Crippen LogP contribution in [-0.4, -0.2) is 64.6 Å². The van der Waals surface area contributed by atoms with Gasteiger partial charge in [0, 0.05) is 40.4 Å². The van der Waals surface area contributed by atoms with Gasteiger partial charge in [0.1, 0.15) is 0 Å². The van der Waals surface area contributed by atoms with E-state index >= 15 is 0 Å². The molecule has 0 atom stereocenters. The summed E-state index contributed by atoms with van der Waals surface area (Å²) in [6.07, 6.45) is 0. The van der Waals surface area contributed by atoms with Crippen molar-refractivity contribution in [3.8, 4) is 0 Å². The van der Waals surface area contributed by atoms with E-state index in [1.165, 1.54) is 0 Å². The van der Waals surface area contributed by atoms with Gasteiger partial charge in [-0.15, -0.1) is 0 Å². The number of aliphatic hydroxyl groups excluding tert-OH is 1. The Morgan fingerprint density at radius 1 is 0.857 bits per heavy atom. The fourth-order valence-electron chi connectivity index (χ4n) is 0.306. The summed E-state index contributed by atoms with van der Waals surface area (Å²) in [4.78, 5) is 27.0. The fraction of sp³-hybridized carbons (Fsp3) is 0.700. The van der Waals surface area contributed by atoms with E-state index in [2.05, 4.69) is 17.0 Å². The van der Waals surface area contributed by atoms with Crippen LogP contribution < -0.4 is 22.7 Å². The highest BCUT2D eigenvalue weighted by molar-refractivity contribution is 5.63. The minimum atomic E-state index is -0.833. The Morgan fingerprint density at radius 3 is 1.24 bits per heavy atom. The molecule has 0 aromatic carbocycles. The molecule has 0 bridgehead atoms. The number of nitrogens with one attached hydrogen (secondary N) is 1. The number of rotatable bonds is 4. The number of hydrogen-bond donors (Lipinski definition) is 8.